The summed E-state index contributed by atoms with van der Waals surface area (Å²) in [6, 6.07) is 3.20. The third-order valence-corrected chi connectivity index (χ3v) is 2.53. The van der Waals surface area contributed by atoms with Crippen LogP contribution in [0.1, 0.15) is 27.7 Å². The Morgan fingerprint density at radius 3 is 2.00 bits per heavy atom. The molecule has 2 rings (SSSR count). The molecule has 2 N–H and O–H groups in total. The molecule has 0 amide bonds. The monoisotopic (exact) mass is 278 g/mol. The zero-order chi connectivity index (χ0) is 14.9. The first-order valence-electron chi connectivity index (χ1n) is 6.50. The number of fused-ring (bicyclic) bond motifs is 1. The van der Waals surface area contributed by atoms with Crippen LogP contribution in [0.15, 0.2) is 21.7 Å². The predicted molar refractivity (Wildman–Crippen MR) is 76.7 cm³/mol. The van der Waals surface area contributed by atoms with Crippen molar-refractivity contribution in [2.75, 3.05) is 0 Å². The maximum Gasteiger partial charge on any atom is 0.326 e. The van der Waals surface area contributed by atoms with E-state index in [4.69, 9.17) is 9.47 Å². The summed E-state index contributed by atoms with van der Waals surface area (Å²) < 4.78 is 11.3. The van der Waals surface area contributed by atoms with E-state index in [1.54, 1.807) is 12.1 Å². The topological polar surface area (TPSA) is 84.2 Å². The minimum absolute atomic E-state index is 0.0457. The Bertz CT molecular complexity index is 728. The molecular formula is C14H18N2O4. The van der Waals surface area contributed by atoms with Crippen molar-refractivity contribution >= 4 is 10.9 Å². The van der Waals surface area contributed by atoms with E-state index in [9.17, 15) is 9.59 Å². The maximum atomic E-state index is 11.8. The molecule has 1 aromatic heterocycles. The Balaban J connectivity index is 2.67. The van der Waals surface area contributed by atoms with E-state index >= 15 is 0 Å². The number of aromatic amines is 2. The lowest BCUT2D eigenvalue weighted by atomic mass is 10.2. The van der Waals surface area contributed by atoms with Crippen LogP contribution < -0.4 is 20.7 Å². The highest BCUT2D eigenvalue weighted by Gasteiger charge is 2.13. The predicted octanol–water partition coefficient (Wildman–Crippen LogP) is 1.79. The fraction of sp³-hybridized carbons (Fsp3) is 0.429. The highest BCUT2D eigenvalue weighted by Crippen LogP contribution is 2.31. The van der Waals surface area contributed by atoms with Gasteiger partial charge in [0.2, 0.25) is 0 Å². The largest absolute Gasteiger partial charge is 0.487 e. The van der Waals surface area contributed by atoms with Gasteiger partial charge in [0.05, 0.1) is 23.1 Å². The number of H-pyrrole nitrogens is 2. The molecule has 6 heteroatoms. The van der Waals surface area contributed by atoms with Gasteiger partial charge in [0, 0.05) is 6.07 Å². The van der Waals surface area contributed by atoms with E-state index < -0.39 is 11.2 Å². The molecule has 0 aliphatic rings. The lowest BCUT2D eigenvalue weighted by molar-refractivity contribution is 0.199. The lowest BCUT2D eigenvalue weighted by Crippen LogP contribution is -2.22. The highest BCUT2D eigenvalue weighted by molar-refractivity contribution is 5.81. The van der Waals surface area contributed by atoms with Crippen molar-refractivity contribution in [1.82, 2.24) is 9.97 Å². The van der Waals surface area contributed by atoms with Gasteiger partial charge in [-0.25, -0.2) is 4.79 Å². The molecule has 2 aromatic rings. The first-order chi connectivity index (χ1) is 9.36. The molecule has 0 radical (unpaired) electrons. The van der Waals surface area contributed by atoms with Crippen molar-refractivity contribution in [3.8, 4) is 11.5 Å². The van der Waals surface area contributed by atoms with Crippen LogP contribution in [0.4, 0.5) is 0 Å². The minimum atomic E-state index is -0.546. The summed E-state index contributed by atoms with van der Waals surface area (Å²) in [5.74, 6) is 0.987. The Morgan fingerprint density at radius 1 is 0.900 bits per heavy atom. The zero-order valence-electron chi connectivity index (χ0n) is 11.9. The van der Waals surface area contributed by atoms with Crippen molar-refractivity contribution in [2.45, 2.75) is 39.9 Å². The Hall–Kier alpha value is -2.24. The second-order valence-electron chi connectivity index (χ2n) is 5.09. The molecule has 0 bridgehead atoms. The molecule has 0 saturated heterocycles. The molecule has 0 aliphatic carbocycles. The van der Waals surface area contributed by atoms with E-state index in [1.165, 1.54) is 0 Å². The quantitative estimate of drug-likeness (QED) is 0.893. The number of hydrogen-bond acceptors (Lipinski definition) is 4. The van der Waals surface area contributed by atoms with Gasteiger partial charge in [0.15, 0.2) is 11.5 Å². The molecule has 0 aliphatic heterocycles. The van der Waals surface area contributed by atoms with E-state index in [-0.39, 0.29) is 12.2 Å². The molecule has 20 heavy (non-hydrogen) atoms. The van der Waals surface area contributed by atoms with Crippen molar-refractivity contribution in [3.05, 3.63) is 33.0 Å². The molecule has 108 valence electrons. The summed E-state index contributed by atoms with van der Waals surface area (Å²) in [6.07, 6.45) is -0.0977. The van der Waals surface area contributed by atoms with Crippen LogP contribution >= 0.6 is 0 Å². The SMILES string of the molecule is CC(C)Oc1cc2[nH]c(=O)[nH]c(=O)c2cc1OC(C)C. The van der Waals surface area contributed by atoms with Gasteiger partial charge in [-0.15, -0.1) is 0 Å². The van der Waals surface area contributed by atoms with E-state index in [0.717, 1.165) is 0 Å². The van der Waals surface area contributed by atoms with E-state index in [0.29, 0.717) is 22.4 Å². The maximum absolute atomic E-state index is 11.8. The van der Waals surface area contributed by atoms with Gasteiger partial charge in [-0.2, -0.15) is 0 Å². The molecule has 0 fully saturated rings. The van der Waals surface area contributed by atoms with Crippen LogP contribution in [0.5, 0.6) is 11.5 Å². The van der Waals surface area contributed by atoms with Gasteiger partial charge < -0.3 is 14.5 Å². The van der Waals surface area contributed by atoms with Gasteiger partial charge in [0.25, 0.3) is 5.56 Å². The number of hydrogen-bond donors (Lipinski definition) is 2. The molecule has 1 heterocycles. The van der Waals surface area contributed by atoms with Gasteiger partial charge in [0.1, 0.15) is 0 Å². The van der Waals surface area contributed by atoms with Gasteiger partial charge >= 0.3 is 5.69 Å². The molecule has 0 saturated carbocycles. The number of ether oxygens (including phenoxy) is 2. The van der Waals surface area contributed by atoms with Gasteiger partial charge in [-0.3, -0.25) is 9.78 Å². The van der Waals surface area contributed by atoms with Crippen molar-refractivity contribution < 1.29 is 9.47 Å². The molecule has 0 atom stereocenters. The Morgan fingerprint density at radius 2 is 1.45 bits per heavy atom. The summed E-state index contributed by atoms with van der Waals surface area (Å²) in [5.41, 5.74) is -0.575. The van der Waals surface area contributed by atoms with Crippen LogP contribution in [-0.4, -0.2) is 22.2 Å². The number of aromatic nitrogens is 2. The smallest absolute Gasteiger partial charge is 0.326 e. The summed E-state index contributed by atoms with van der Waals surface area (Å²) >= 11 is 0. The fourth-order valence-corrected chi connectivity index (χ4v) is 1.87. The molecule has 0 spiro atoms. The second-order valence-corrected chi connectivity index (χ2v) is 5.09. The van der Waals surface area contributed by atoms with Crippen LogP contribution in [0.2, 0.25) is 0 Å². The summed E-state index contributed by atoms with van der Waals surface area (Å²) in [5, 5.41) is 0.358. The zero-order valence-corrected chi connectivity index (χ0v) is 11.9. The summed E-state index contributed by atoms with van der Waals surface area (Å²) in [4.78, 5) is 27.9. The average molecular weight is 278 g/mol. The fourth-order valence-electron chi connectivity index (χ4n) is 1.87. The normalized spacial score (nSPS) is 11.3. The molecular weight excluding hydrogens is 260 g/mol. The Labute approximate surface area is 115 Å². The Kier molecular flexibility index (Phi) is 3.83. The van der Waals surface area contributed by atoms with Crippen molar-refractivity contribution in [1.29, 1.82) is 0 Å². The van der Waals surface area contributed by atoms with Crippen molar-refractivity contribution in [2.24, 2.45) is 0 Å². The molecule has 0 unspecified atom stereocenters. The van der Waals surface area contributed by atoms with Gasteiger partial charge in [-0.1, -0.05) is 0 Å². The van der Waals surface area contributed by atoms with E-state index in [2.05, 4.69) is 9.97 Å². The van der Waals surface area contributed by atoms with E-state index in [1.807, 2.05) is 27.7 Å². The standard InChI is InChI=1S/C14H18N2O4/c1-7(2)19-11-5-9-10(6-12(11)20-8(3)4)15-14(18)16-13(9)17/h5-8H,1-4H3,(H2,15,16,17,18). The summed E-state index contributed by atoms with van der Waals surface area (Å²) in [7, 11) is 0. The number of nitrogens with one attached hydrogen (secondary N) is 2. The minimum Gasteiger partial charge on any atom is -0.487 e. The highest BCUT2D eigenvalue weighted by atomic mass is 16.5. The number of benzene rings is 1. The third kappa shape index (κ3) is 3.01. The first kappa shape index (κ1) is 14.2. The lowest BCUT2D eigenvalue weighted by Gasteiger charge is -2.17. The second kappa shape index (κ2) is 5.40. The van der Waals surface area contributed by atoms with Crippen LogP contribution in [0.3, 0.4) is 0 Å². The molecule has 1 aromatic carbocycles. The van der Waals surface area contributed by atoms with Crippen molar-refractivity contribution in [3.63, 3.8) is 0 Å². The summed E-state index contributed by atoms with van der Waals surface area (Å²) in [6.45, 7) is 7.56. The average Bonchev–Trinajstić information content (AvgIpc) is 2.29. The molecule has 6 nitrogen and oxygen atoms in total. The first-order valence-corrected chi connectivity index (χ1v) is 6.50. The van der Waals surface area contributed by atoms with Crippen LogP contribution in [0.25, 0.3) is 10.9 Å². The number of rotatable bonds is 4. The van der Waals surface area contributed by atoms with Crippen LogP contribution in [0, 0.1) is 0 Å². The third-order valence-electron chi connectivity index (χ3n) is 2.53. The van der Waals surface area contributed by atoms with Gasteiger partial charge in [-0.05, 0) is 33.8 Å². The van der Waals surface area contributed by atoms with Crippen LogP contribution in [-0.2, 0) is 0 Å².